The predicted molar refractivity (Wildman–Crippen MR) is 85.0 cm³/mol. The SMILES string of the molecule is CCCNC1CC(c2cc3ccccc3s2)C1(C)C. The normalized spacial score (nSPS) is 25.4. The van der Waals surface area contributed by atoms with Crippen molar-refractivity contribution in [3.63, 3.8) is 0 Å². The van der Waals surface area contributed by atoms with Gasteiger partial charge in [0.1, 0.15) is 0 Å². The fourth-order valence-corrected chi connectivity index (χ4v) is 4.62. The zero-order valence-corrected chi connectivity index (χ0v) is 12.9. The minimum Gasteiger partial charge on any atom is -0.313 e. The van der Waals surface area contributed by atoms with Crippen molar-refractivity contribution in [2.75, 3.05) is 6.54 Å². The zero-order chi connectivity index (χ0) is 13.5. The molecule has 1 nitrogen and oxygen atoms in total. The third kappa shape index (κ3) is 2.21. The van der Waals surface area contributed by atoms with Gasteiger partial charge in [0.2, 0.25) is 0 Å². The second kappa shape index (κ2) is 4.92. The van der Waals surface area contributed by atoms with Crippen LogP contribution in [0.2, 0.25) is 0 Å². The van der Waals surface area contributed by atoms with Gasteiger partial charge in [-0.25, -0.2) is 0 Å². The fourth-order valence-electron chi connectivity index (χ4n) is 3.25. The predicted octanol–water partition coefficient (Wildman–Crippen LogP) is 4.78. The standard InChI is InChI=1S/C17H23NS/c1-4-9-18-16-11-13(17(16,2)3)15-10-12-7-5-6-8-14(12)19-15/h5-8,10,13,16,18H,4,9,11H2,1-3H3. The van der Waals surface area contributed by atoms with Gasteiger partial charge in [-0.05, 0) is 42.3 Å². The van der Waals surface area contributed by atoms with Crippen LogP contribution in [0.4, 0.5) is 0 Å². The maximum atomic E-state index is 3.70. The first-order valence-corrected chi connectivity index (χ1v) is 8.16. The van der Waals surface area contributed by atoms with Gasteiger partial charge in [0.05, 0.1) is 0 Å². The number of rotatable bonds is 4. The minimum absolute atomic E-state index is 0.385. The number of fused-ring (bicyclic) bond motifs is 1. The molecule has 102 valence electrons. The van der Waals surface area contributed by atoms with E-state index in [0.717, 1.165) is 12.5 Å². The molecule has 2 aromatic rings. The Hall–Kier alpha value is -0.860. The number of nitrogens with one attached hydrogen (secondary N) is 1. The Morgan fingerprint density at radius 1 is 1.32 bits per heavy atom. The number of benzene rings is 1. The van der Waals surface area contributed by atoms with E-state index in [0.29, 0.717) is 11.5 Å². The van der Waals surface area contributed by atoms with Crippen LogP contribution in [0.25, 0.3) is 10.1 Å². The first-order valence-electron chi connectivity index (χ1n) is 7.34. The lowest BCUT2D eigenvalue weighted by atomic mass is 9.58. The summed E-state index contributed by atoms with van der Waals surface area (Å²) in [7, 11) is 0. The Labute approximate surface area is 120 Å². The number of thiophene rings is 1. The van der Waals surface area contributed by atoms with Crippen LogP contribution in [0.3, 0.4) is 0 Å². The van der Waals surface area contributed by atoms with Crippen LogP contribution in [0, 0.1) is 5.41 Å². The highest BCUT2D eigenvalue weighted by molar-refractivity contribution is 7.19. The summed E-state index contributed by atoms with van der Waals surface area (Å²) >= 11 is 1.98. The molecular formula is C17H23NS. The van der Waals surface area contributed by atoms with Gasteiger partial charge in [0.15, 0.2) is 0 Å². The second-order valence-electron chi connectivity index (χ2n) is 6.30. The maximum Gasteiger partial charge on any atom is 0.0345 e. The third-order valence-corrected chi connectivity index (χ3v) is 5.93. The van der Waals surface area contributed by atoms with Crippen LogP contribution >= 0.6 is 11.3 Å². The van der Waals surface area contributed by atoms with E-state index in [4.69, 9.17) is 0 Å². The molecular weight excluding hydrogens is 250 g/mol. The van der Waals surface area contributed by atoms with Crippen LogP contribution < -0.4 is 5.32 Å². The highest BCUT2D eigenvalue weighted by Gasteiger charge is 2.48. The molecule has 3 rings (SSSR count). The van der Waals surface area contributed by atoms with Crippen LogP contribution in [-0.4, -0.2) is 12.6 Å². The van der Waals surface area contributed by atoms with Gasteiger partial charge >= 0.3 is 0 Å². The van der Waals surface area contributed by atoms with E-state index in [1.165, 1.54) is 22.9 Å². The van der Waals surface area contributed by atoms with Crippen molar-refractivity contribution in [1.82, 2.24) is 5.32 Å². The van der Waals surface area contributed by atoms with Gasteiger partial charge in [-0.2, -0.15) is 0 Å². The van der Waals surface area contributed by atoms with E-state index in [2.05, 4.69) is 56.4 Å². The Balaban J connectivity index is 1.80. The number of hydrogen-bond acceptors (Lipinski definition) is 2. The van der Waals surface area contributed by atoms with Crippen molar-refractivity contribution in [2.24, 2.45) is 5.41 Å². The molecule has 2 atom stereocenters. The lowest BCUT2D eigenvalue weighted by molar-refractivity contribution is 0.0717. The van der Waals surface area contributed by atoms with Gasteiger partial charge in [-0.15, -0.1) is 11.3 Å². The highest BCUT2D eigenvalue weighted by atomic mass is 32.1. The lowest BCUT2D eigenvalue weighted by Crippen LogP contribution is -2.55. The number of hydrogen-bond donors (Lipinski definition) is 1. The van der Waals surface area contributed by atoms with E-state index >= 15 is 0 Å². The van der Waals surface area contributed by atoms with Crippen molar-refractivity contribution >= 4 is 21.4 Å². The van der Waals surface area contributed by atoms with Gasteiger partial charge in [0.25, 0.3) is 0 Å². The molecule has 1 fully saturated rings. The van der Waals surface area contributed by atoms with Gasteiger partial charge < -0.3 is 5.32 Å². The third-order valence-electron chi connectivity index (χ3n) is 4.70. The molecule has 1 N–H and O–H groups in total. The van der Waals surface area contributed by atoms with Crippen molar-refractivity contribution < 1.29 is 0 Å². The average Bonchev–Trinajstić information content (AvgIpc) is 2.80. The van der Waals surface area contributed by atoms with Crippen LogP contribution in [0.5, 0.6) is 0 Å². The van der Waals surface area contributed by atoms with Gasteiger partial charge in [-0.3, -0.25) is 0 Å². The molecule has 0 saturated heterocycles. The monoisotopic (exact) mass is 273 g/mol. The summed E-state index contributed by atoms with van der Waals surface area (Å²) in [5, 5.41) is 5.10. The summed E-state index contributed by atoms with van der Waals surface area (Å²) in [6.45, 7) is 8.22. The molecule has 0 amide bonds. The van der Waals surface area contributed by atoms with Crippen molar-refractivity contribution in [1.29, 1.82) is 0 Å². The van der Waals surface area contributed by atoms with E-state index < -0.39 is 0 Å². The molecule has 0 spiro atoms. The lowest BCUT2D eigenvalue weighted by Gasteiger charge is -2.52. The minimum atomic E-state index is 0.385. The fraction of sp³-hybridized carbons (Fsp3) is 0.529. The van der Waals surface area contributed by atoms with Crippen LogP contribution in [0.1, 0.15) is 44.4 Å². The van der Waals surface area contributed by atoms with E-state index in [1.54, 1.807) is 4.88 Å². The average molecular weight is 273 g/mol. The van der Waals surface area contributed by atoms with Crippen LogP contribution in [0.15, 0.2) is 30.3 Å². The molecule has 1 heterocycles. The molecule has 1 aliphatic rings. The molecule has 1 aromatic carbocycles. The second-order valence-corrected chi connectivity index (χ2v) is 7.42. The Morgan fingerprint density at radius 3 is 2.79 bits per heavy atom. The molecule has 19 heavy (non-hydrogen) atoms. The van der Waals surface area contributed by atoms with Gasteiger partial charge in [-0.1, -0.05) is 39.0 Å². The summed E-state index contributed by atoms with van der Waals surface area (Å²) < 4.78 is 1.43. The van der Waals surface area contributed by atoms with E-state index in [9.17, 15) is 0 Å². The topological polar surface area (TPSA) is 12.0 Å². The Kier molecular flexibility index (Phi) is 3.40. The largest absolute Gasteiger partial charge is 0.313 e. The summed E-state index contributed by atoms with van der Waals surface area (Å²) in [6.07, 6.45) is 2.51. The Morgan fingerprint density at radius 2 is 2.11 bits per heavy atom. The Bertz CT molecular complexity index is 536. The molecule has 1 saturated carbocycles. The van der Waals surface area contributed by atoms with Crippen LogP contribution in [-0.2, 0) is 0 Å². The molecule has 0 bridgehead atoms. The quantitative estimate of drug-likeness (QED) is 0.845. The molecule has 1 aromatic heterocycles. The first kappa shape index (κ1) is 13.1. The van der Waals surface area contributed by atoms with Gasteiger partial charge in [0, 0.05) is 21.5 Å². The van der Waals surface area contributed by atoms with E-state index in [-0.39, 0.29) is 0 Å². The molecule has 2 heteroatoms. The molecule has 2 unspecified atom stereocenters. The summed E-state index contributed by atoms with van der Waals surface area (Å²) in [5.41, 5.74) is 0.385. The smallest absolute Gasteiger partial charge is 0.0345 e. The van der Waals surface area contributed by atoms with Crippen molar-refractivity contribution in [3.8, 4) is 0 Å². The first-order chi connectivity index (χ1) is 9.13. The van der Waals surface area contributed by atoms with Crippen molar-refractivity contribution in [3.05, 3.63) is 35.2 Å². The molecule has 0 radical (unpaired) electrons. The summed E-state index contributed by atoms with van der Waals surface area (Å²) in [4.78, 5) is 1.57. The molecule has 1 aliphatic carbocycles. The summed E-state index contributed by atoms with van der Waals surface area (Å²) in [5.74, 6) is 0.722. The zero-order valence-electron chi connectivity index (χ0n) is 12.1. The highest BCUT2D eigenvalue weighted by Crippen LogP contribution is 2.54. The van der Waals surface area contributed by atoms with E-state index in [1.807, 2.05) is 11.3 Å². The maximum absolute atomic E-state index is 3.70. The van der Waals surface area contributed by atoms with Crippen molar-refractivity contribution in [2.45, 2.75) is 45.6 Å². The molecule has 0 aliphatic heterocycles. The summed E-state index contributed by atoms with van der Waals surface area (Å²) in [6, 6.07) is 11.8.